The van der Waals surface area contributed by atoms with Crippen LogP contribution in [0, 0.1) is 0 Å². The number of hydrogen-bond acceptors (Lipinski definition) is 2. The van der Waals surface area contributed by atoms with Gasteiger partial charge in [0.25, 0.3) is 0 Å². The third-order valence-electron chi connectivity index (χ3n) is 1.64. The van der Waals surface area contributed by atoms with Gasteiger partial charge in [0, 0.05) is 13.0 Å². The highest BCUT2D eigenvalue weighted by Crippen LogP contribution is 2.15. The maximum atomic E-state index is 12.2. The Morgan fingerprint density at radius 1 is 1.55 bits per heavy atom. The molecule has 1 aliphatic rings. The van der Waals surface area contributed by atoms with Crippen molar-refractivity contribution in [3.05, 3.63) is 0 Å². The lowest BCUT2D eigenvalue weighted by atomic mass is 10.2. The molecule has 0 aromatic rings. The first kappa shape index (κ1) is 8.87. The van der Waals surface area contributed by atoms with Gasteiger partial charge in [-0.25, -0.2) is 8.78 Å². The highest BCUT2D eigenvalue weighted by atomic mass is 19.3. The fourth-order valence-electron chi connectivity index (χ4n) is 0.849. The summed E-state index contributed by atoms with van der Waals surface area (Å²) in [5, 5.41) is 2.97. The normalized spacial score (nSPS) is 19.9. The molecular formula is C7H13F2NO. The summed E-state index contributed by atoms with van der Waals surface area (Å²) < 4.78 is 29.3. The maximum Gasteiger partial charge on any atom is 0.246 e. The lowest BCUT2D eigenvalue weighted by Crippen LogP contribution is -2.46. The second-order valence-corrected chi connectivity index (χ2v) is 3.01. The van der Waals surface area contributed by atoms with E-state index in [-0.39, 0.29) is 6.42 Å². The van der Waals surface area contributed by atoms with E-state index in [2.05, 4.69) is 5.32 Å². The molecule has 2 nitrogen and oxygen atoms in total. The van der Waals surface area contributed by atoms with Crippen LogP contribution in [0.4, 0.5) is 8.78 Å². The van der Waals surface area contributed by atoms with Crippen molar-refractivity contribution in [3.8, 4) is 0 Å². The zero-order valence-electron chi connectivity index (χ0n) is 6.57. The van der Waals surface area contributed by atoms with Gasteiger partial charge in [-0.05, 0) is 6.92 Å². The van der Waals surface area contributed by atoms with Crippen LogP contribution in [0.5, 0.6) is 0 Å². The second kappa shape index (κ2) is 3.45. The molecule has 0 aromatic heterocycles. The molecule has 0 saturated carbocycles. The smallest absolute Gasteiger partial charge is 0.246 e. The Balaban J connectivity index is 1.95. The molecule has 1 rings (SSSR count). The Bertz CT molecular complexity index is 120. The molecule has 66 valence electrons. The first-order valence-electron chi connectivity index (χ1n) is 3.77. The average Bonchev–Trinajstić information content (AvgIpc) is 1.73. The van der Waals surface area contributed by atoms with Crippen molar-refractivity contribution in [2.45, 2.75) is 25.3 Å². The Hall–Kier alpha value is -0.220. The third kappa shape index (κ3) is 3.62. The second-order valence-electron chi connectivity index (χ2n) is 3.01. The fraction of sp³-hybridized carbons (Fsp3) is 1.00. The lowest BCUT2D eigenvalue weighted by molar-refractivity contribution is -0.0166. The molecule has 1 saturated heterocycles. The van der Waals surface area contributed by atoms with Gasteiger partial charge in [-0.2, -0.15) is 0 Å². The molecule has 1 fully saturated rings. The van der Waals surface area contributed by atoms with Crippen LogP contribution >= 0.6 is 0 Å². The summed E-state index contributed by atoms with van der Waals surface area (Å²) in [6.45, 7) is 2.63. The minimum absolute atomic E-state index is 0.0938. The average molecular weight is 165 g/mol. The molecule has 0 amide bonds. The highest BCUT2D eigenvalue weighted by Gasteiger charge is 2.22. The van der Waals surface area contributed by atoms with Crippen LogP contribution in [-0.4, -0.2) is 31.7 Å². The van der Waals surface area contributed by atoms with E-state index in [1.807, 2.05) is 0 Å². The molecule has 0 atom stereocenters. The van der Waals surface area contributed by atoms with Gasteiger partial charge < -0.3 is 10.1 Å². The molecule has 0 unspecified atom stereocenters. The monoisotopic (exact) mass is 165 g/mol. The lowest BCUT2D eigenvalue weighted by Gasteiger charge is -2.27. The van der Waals surface area contributed by atoms with Gasteiger partial charge in [-0.15, -0.1) is 0 Å². The quantitative estimate of drug-likeness (QED) is 0.671. The molecule has 1 heterocycles. The molecular weight excluding hydrogens is 152 g/mol. The summed E-state index contributed by atoms with van der Waals surface area (Å²) in [4.78, 5) is 0. The summed E-state index contributed by atoms with van der Waals surface area (Å²) >= 11 is 0. The first-order chi connectivity index (χ1) is 5.08. The summed E-state index contributed by atoms with van der Waals surface area (Å²) in [6.07, 6.45) is -0.0938. The summed E-state index contributed by atoms with van der Waals surface area (Å²) in [5.74, 6) is -2.54. The number of nitrogens with one attached hydrogen (secondary N) is 1. The third-order valence-corrected chi connectivity index (χ3v) is 1.64. The van der Waals surface area contributed by atoms with Crippen molar-refractivity contribution < 1.29 is 13.5 Å². The maximum absolute atomic E-state index is 12.2. The molecule has 11 heavy (non-hydrogen) atoms. The van der Waals surface area contributed by atoms with Crippen LogP contribution < -0.4 is 5.32 Å². The van der Waals surface area contributed by atoms with Crippen LogP contribution in [0.2, 0.25) is 0 Å². The summed E-state index contributed by atoms with van der Waals surface area (Å²) in [6, 6.07) is 0.303. The molecule has 1 aliphatic heterocycles. The molecule has 0 spiro atoms. The van der Waals surface area contributed by atoms with Crippen molar-refractivity contribution in [2.75, 3.05) is 19.8 Å². The van der Waals surface area contributed by atoms with Crippen LogP contribution in [-0.2, 0) is 4.74 Å². The van der Waals surface area contributed by atoms with Crippen molar-refractivity contribution in [3.63, 3.8) is 0 Å². The van der Waals surface area contributed by atoms with Gasteiger partial charge in [-0.1, -0.05) is 0 Å². The predicted octanol–water partition coefficient (Wildman–Crippen LogP) is 1.02. The summed E-state index contributed by atoms with van der Waals surface area (Å²) in [7, 11) is 0. The predicted molar refractivity (Wildman–Crippen MR) is 37.8 cm³/mol. The SMILES string of the molecule is CC(F)(F)CCNC1COC1. The van der Waals surface area contributed by atoms with Crippen LogP contribution in [0.3, 0.4) is 0 Å². The minimum Gasteiger partial charge on any atom is -0.378 e. The van der Waals surface area contributed by atoms with Crippen LogP contribution in [0.25, 0.3) is 0 Å². The van der Waals surface area contributed by atoms with Crippen molar-refractivity contribution in [1.82, 2.24) is 5.32 Å². The van der Waals surface area contributed by atoms with Crippen molar-refractivity contribution in [1.29, 1.82) is 0 Å². The van der Waals surface area contributed by atoms with Gasteiger partial charge in [0.2, 0.25) is 5.92 Å². The number of ether oxygens (including phenoxy) is 1. The fourth-order valence-corrected chi connectivity index (χ4v) is 0.849. The number of rotatable bonds is 4. The number of alkyl halides is 2. The Labute approximate surface area is 64.9 Å². The van der Waals surface area contributed by atoms with Crippen molar-refractivity contribution in [2.24, 2.45) is 0 Å². The van der Waals surface area contributed by atoms with E-state index in [9.17, 15) is 8.78 Å². The molecule has 0 aromatic carbocycles. The zero-order valence-corrected chi connectivity index (χ0v) is 6.57. The minimum atomic E-state index is -2.54. The Kier molecular flexibility index (Phi) is 2.78. The van der Waals surface area contributed by atoms with Crippen LogP contribution in [0.15, 0.2) is 0 Å². The van der Waals surface area contributed by atoms with E-state index in [0.29, 0.717) is 25.8 Å². The molecule has 0 radical (unpaired) electrons. The Morgan fingerprint density at radius 2 is 2.18 bits per heavy atom. The Morgan fingerprint density at radius 3 is 2.55 bits per heavy atom. The highest BCUT2D eigenvalue weighted by molar-refractivity contribution is 4.73. The van der Waals surface area contributed by atoms with Gasteiger partial charge in [0.05, 0.1) is 19.3 Å². The van der Waals surface area contributed by atoms with Gasteiger partial charge >= 0.3 is 0 Å². The van der Waals surface area contributed by atoms with E-state index < -0.39 is 5.92 Å². The molecule has 0 aliphatic carbocycles. The molecule has 1 N–H and O–H groups in total. The van der Waals surface area contributed by atoms with E-state index in [0.717, 1.165) is 6.92 Å². The topological polar surface area (TPSA) is 21.3 Å². The van der Waals surface area contributed by atoms with E-state index >= 15 is 0 Å². The summed E-state index contributed by atoms with van der Waals surface area (Å²) in [5.41, 5.74) is 0. The molecule has 4 heteroatoms. The van der Waals surface area contributed by atoms with Gasteiger partial charge in [0.15, 0.2) is 0 Å². The van der Waals surface area contributed by atoms with E-state index in [4.69, 9.17) is 4.74 Å². The first-order valence-corrected chi connectivity index (χ1v) is 3.77. The molecule has 0 bridgehead atoms. The largest absolute Gasteiger partial charge is 0.378 e. The van der Waals surface area contributed by atoms with E-state index in [1.165, 1.54) is 0 Å². The van der Waals surface area contributed by atoms with Crippen LogP contribution in [0.1, 0.15) is 13.3 Å². The van der Waals surface area contributed by atoms with Crippen molar-refractivity contribution >= 4 is 0 Å². The zero-order chi connectivity index (χ0) is 8.32. The standard InChI is InChI=1S/C7H13F2NO/c1-7(8,9)2-3-10-6-4-11-5-6/h6,10H,2-5H2,1H3. The van der Waals surface area contributed by atoms with Gasteiger partial charge in [-0.3, -0.25) is 0 Å². The number of halogens is 2. The van der Waals surface area contributed by atoms with E-state index in [1.54, 1.807) is 0 Å². The van der Waals surface area contributed by atoms with Gasteiger partial charge in [0.1, 0.15) is 0 Å². The number of hydrogen-bond donors (Lipinski definition) is 1.